The molecule has 1 aromatic rings. The number of likely N-dealkylation sites (tertiary alicyclic amines) is 2. The number of hydrogen-bond donors (Lipinski definition) is 0. The van der Waals surface area contributed by atoms with Crippen LogP contribution in [-0.4, -0.2) is 48.3 Å². The van der Waals surface area contributed by atoms with E-state index in [2.05, 4.69) is 17.0 Å². The van der Waals surface area contributed by atoms with Gasteiger partial charge in [0.1, 0.15) is 0 Å². The number of carbonyl (C=O) groups excluding carboxylic acids is 2. The average molecular weight is 383 g/mol. The molecule has 0 aromatic heterocycles. The van der Waals surface area contributed by atoms with Gasteiger partial charge in [0.05, 0.1) is 5.92 Å². The molecule has 1 aliphatic carbocycles. The van der Waals surface area contributed by atoms with Gasteiger partial charge in [0.15, 0.2) is 0 Å². The molecular formula is C24H34N2O2. The minimum Gasteiger partial charge on any atom is -0.345 e. The maximum absolute atomic E-state index is 13.0. The molecule has 0 N–H and O–H groups in total. The molecule has 2 heterocycles. The zero-order chi connectivity index (χ0) is 19.6. The predicted octanol–water partition coefficient (Wildman–Crippen LogP) is 4.21. The van der Waals surface area contributed by atoms with Crippen LogP contribution in [0.1, 0.15) is 69.3 Å². The molecule has 3 aliphatic rings. The van der Waals surface area contributed by atoms with E-state index in [0.29, 0.717) is 5.91 Å². The third kappa shape index (κ3) is 3.97. The topological polar surface area (TPSA) is 40.6 Å². The van der Waals surface area contributed by atoms with Gasteiger partial charge in [0.2, 0.25) is 11.8 Å². The lowest BCUT2D eigenvalue weighted by atomic mass is 9.67. The average Bonchev–Trinajstić information content (AvgIpc) is 3.01. The monoisotopic (exact) mass is 382 g/mol. The summed E-state index contributed by atoms with van der Waals surface area (Å²) < 4.78 is 0. The summed E-state index contributed by atoms with van der Waals surface area (Å²) in [6.07, 6.45) is 10.1. The number of piperidine rings is 2. The van der Waals surface area contributed by atoms with Crippen LogP contribution >= 0.6 is 0 Å². The van der Waals surface area contributed by atoms with Gasteiger partial charge < -0.3 is 9.80 Å². The summed E-state index contributed by atoms with van der Waals surface area (Å²) in [5.74, 6) is 0.860. The van der Waals surface area contributed by atoms with Crippen molar-refractivity contribution in [3.05, 3.63) is 35.9 Å². The van der Waals surface area contributed by atoms with Gasteiger partial charge in [0, 0.05) is 32.6 Å². The van der Waals surface area contributed by atoms with E-state index in [-0.39, 0.29) is 23.2 Å². The fourth-order valence-electron chi connectivity index (χ4n) is 5.73. The smallest absolute Gasteiger partial charge is 0.229 e. The molecule has 2 aliphatic heterocycles. The van der Waals surface area contributed by atoms with Gasteiger partial charge in [-0.1, -0.05) is 56.0 Å². The first-order chi connectivity index (χ1) is 13.6. The number of rotatable bonds is 2. The van der Waals surface area contributed by atoms with E-state index in [1.807, 2.05) is 30.1 Å². The number of nitrogens with zero attached hydrogens (tertiary/aromatic N) is 2. The molecule has 1 saturated carbocycles. The van der Waals surface area contributed by atoms with Crippen molar-refractivity contribution >= 4 is 11.8 Å². The highest BCUT2D eigenvalue weighted by Crippen LogP contribution is 2.45. The van der Waals surface area contributed by atoms with Crippen molar-refractivity contribution in [2.24, 2.45) is 11.3 Å². The Bertz CT molecular complexity index is 686. The van der Waals surface area contributed by atoms with Crippen molar-refractivity contribution in [3.8, 4) is 0 Å². The van der Waals surface area contributed by atoms with Crippen LogP contribution < -0.4 is 0 Å². The summed E-state index contributed by atoms with van der Waals surface area (Å²) in [6.45, 7) is 2.55. The van der Waals surface area contributed by atoms with Crippen LogP contribution in [0.25, 0.3) is 0 Å². The minimum atomic E-state index is -0.0379. The fraction of sp³-hybridized carbons (Fsp3) is 0.667. The highest BCUT2D eigenvalue weighted by atomic mass is 16.2. The highest BCUT2D eigenvalue weighted by molar-refractivity contribution is 5.84. The van der Waals surface area contributed by atoms with E-state index < -0.39 is 0 Å². The van der Waals surface area contributed by atoms with Gasteiger partial charge in [0.25, 0.3) is 0 Å². The van der Waals surface area contributed by atoms with Crippen molar-refractivity contribution in [1.29, 1.82) is 0 Å². The van der Waals surface area contributed by atoms with E-state index in [1.54, 1.807) is 0 Å². The molecule has 1 unspecified atom stereocenters. The molecule has 2 amide bonds. The maximum atomic E-state index is 13.0. The molecule has 3 fully saturated rings. The van der Waals surface area contributed by atoms with E-state index in [0.717, 1.165) is 57.3 Å². The summed E-state index contributed by atoms with van der Waals surface area (Å²) >= 11 is 0. The Hall–Kier alpha value is -1.84. The second-order valence-electron chi connectivity index (χ2n) is 9.38. The Balaban J connectivity index is 1.42. The Morgan fingerprint density at radius 3 is 2.29 bits per heavy atom. The summed E-state index contributed by atoms with van der Waals surface area (Å²) in [5, 5.41) is 0. The number of hydrogen-bond acceptors (Lipinski definition) is 2. The first-order valence-corrected chi connectivity index (χ1v) is 11.2. The van der Waals surface area contributed by atoms with Crippen molar-refractivity contribution in [2.45, 2.75) is 63.7 Å². The molecule has 1 atom stereocenters. The van der Waals surface area contributed by atoms with Crippen LogP contribution in [0.2, 0.25) is 0 Å². The molecule has 4 rings (SSSR count). The number of carbonyl (C=O) groups is 2. The zero-order valence-electron chi connectivity index (χ0n) is 17.2. The van der Waals surface area contributed by atoms with Crippen LogP contribution in [0.15, 0.2) is 30.3 Å². The predicted molar refractivity (Wildman–Crippen MR) is 111 cm³/mol. The molecule has 4 nitrogen and oxygen atoms in total. The maximum Gasteiger partial charge on any atom is 0.229 e. The van der Waals surface area contributed by atoms with Gasteiger partial charge >= 0.3 is 0 Å². The SMILES string of the molecule is CN1CC2(CCN(C(=O)C3CCCCCC3)CC2)CC(c2ccccc2)C1=O. The fourth-order valence-corrected chi connectivity index (χ4v) is 5.73. The summed E-state index contributed by atoms with van der Waals surface area (Å²) in [6, 6.07) is 10.2. The second-order valence-corrected chi connectivity index (χ2v) is 9.38. The van der Waals surface area contributed by atoms with Gasteiger partial charge in [-0.05, 0) is 43.1 Å². The Morgan fingerprint density at radius 2 is 1.64 bits per heavy atom. The van der Waals surface area contributed by atoms with Crippen LogP contribution in [-0.2, 0) is 9.59 Å². The molecule has 0 bridgehead atoms. The van der Waals surface area contributed by atoms with Crippen molar-refractivity contribution < 1.29 is 9.59 Å². The van der Waals surface area contributed by atoms with E-state index in [9.17, 15) is 9.59 Å². The molecule has 152 valence electrons. The third-order valence-corrected chi connectivity index (χ3v) is 7.43. The van der Waals surface area contributed by atoms with Crippen molar-refractivity contribution in [2.75, 3.05) is 26.7 Å². The van der Waals surface area contributed by atoms with Crippen LogP contribution in [0, 0.1) is 11.3 Å². The van der Waals surface area contributed by atoms with Gasteiger partial charge in [-0.25, -0.2) is 0 Å². The summed E-state index contributed by atoms with van der Waals surface area (Å²) in [4.78, 5) is 29.9. The van der Waals surface area contributed by atoms with Gasteiger partial charge in [-0.15, -0.1) is 0 Å². The first-order valence-electron chi connectivity index (χ1n) is 11.2. The number of amides is 2. The Kier molecular flexibility index (Phi) is 5.75. The van der Waals surface area contributed by atoms with Crippen LogP contribution in [0.3, 0.4) is 0 Å². The standard InChI is InChI=1S/C24H34N2O2/c1-25-18-24(17-21(23(25)28)19-9-7-4-8-10-19)13-15-26(16-14-24)22(27)20-11-5-2-3-6-12-20/h4,7-10,20-21H,2-3,5-6,11-18H2,1H3. The number of benzene rings is 1. The molecular weight excluding hydrogens is 348 g/mol. The summed E-state index contributed by atoms with van der Waals surface area (Å²) in [5.41, 5.74) is 1.29. The normalized spacial score (nSPS) is 26.3. The quantitative estimate of drug-likeness (QED) is 0.719. The number of likely N-dealkylation sites (N-methyl/N-ethyl adjacent to an activating group) is 1. The highest BCUT2D eigenvalue weighted by Gasteiger charge is 2.45. The third-order valence-electron chi connectivity index (χ3n) is 7.43. The lowest BCUT2D eigenvalue weighted by Gasteiger charge is -2.49. The van der Waals surface area contributed by atoms with E-state index >= 15 is 0 Å². The lowest BCUT2D eigenvalue weighted by Crippen LogP contribution is -2.54. The van der Waals surface area contributed by atoms with Gasteiger partial charge in [-0.2, -0.15) is 0 Å². The van der Waals surface area contributed by atoms with E-state index in [4.69, 9.17) is 0 Å². The molecule has 1 spiro atoms. The molecule has 2 saturated heterocycles. The molecule has 4 heteroatoms. The van der Waals surface area contributed by atoms with Crippen LogP contribution in [0.4, 0.5) is 0 Å². The molecule has 28 heavy (non-hydrogen) atoms. The van der Waals surface area contributed by atoms with E-state index in [1.165, 1.54) is 25.7 Å². The Labute approximate surface area is 169 Å². The first kappa shape index (κ1) is 19.5. The Morgan fingerprint density at radius 1 is 1.00 bits per heavy atom. The van der Waals surface area contributed by atoms with Gasteiger partial charge in [-0.3, -0.25) is 9.59 Å². The largest absolute Gasteiger partial charge is 0.345 e. The summed E-state index contributed by atoms with van der Waals surface area (Å²) in [7, 11) is 1.95. The molecule has 0 radical (unpaired) electrons. The zero-order valence-corrected chi connectivity index (χ0v) is 17.2. The van der Waals surface area contributed by atoms with Crippen LogP contribution in [0.5, 0.6) is 0 Å². The minimum absolute atomic E-state index is 0.0379. The van der Waals surface area contributed by atoms with Crippen molar-refractivity contribution in [1.82, 2.24) is 9.80 Å². The lowest BCUT2D eigenvalue weighted by molar-refractivity contribution is -0.144. The second kappa shape index (κ2) is 8.26. The van der Waals surface area contributed by atoms with Crippen molar-refractivity contribution in [3.63, 3.8) is 0 Å². The molecule has 1 aromatic carbocycles.